The molecule has 3 aliphatic rings. The number of ether oxygens (including phenoxy) is 2. The van der Waals surface area contributed by atoms with Crippen molar-refractivity contribution in [2.45, 2.75) is 122 Å². The minimum atomic E-state index is -1.24. The third-order valence-electron chi connectivity index (χ3n) is 10.2. The number of benzene rings is 1. The normalized spacial score (nSPS) is 20.9. The second kappa shape index (κ2) is 17.0. The van der Waals surface area contributed by atoms with Crippen LogP contribution in [0.25, 0.3) is 11.0 Å². The fourth-order valence-corrected chi connectivity index (χ4v) is 7.21. The van der Waals surface area contributed by atoms with Gasteiger partial charge in [0.05, 0.1) is 25.3 Å². The maximum absolute atomic E-state index is 12.6. The van der Waals surface area contributed by atoms with Crippen LogP contribution in [0, 0.1) is 17.3 Å². The number of likely N-dealkylation sites (tertiary alicyclic amines) is 1. The van der Waals surface area contributed by atoms with Gasteiger partial charge in [0.25, 0.3) is 0 Å². The van der Waals surface area contributed by atoms with Crippen LogP contribution in [0.5, 0.6) is 11.6 Å². The standard InChI is InChI=1S/C22H30N2O2.C14H23N2O4.V/c1-25-17-10-11-18-19(15-17)24-21(26-2)20(23-18)22(13-14-22)12-6-5-9-16-7-3-4-8-16;1-5-9-6-7-16(10(9)8-17)12(18)11(14(2,3)4)15-13(19)20;/h10-11,15-16H,3-9,12-14H2,1-2H3;9-11,15H,5-7H2,1-4H3,(H,19,20);/q;-1;/t;9?,10?,11-;/m.1./s1. The molecule has 259 valence electrons. The average Bonchev–Trinajstić information content (AvgIpc) is 3.42. The summed E-state index contributed by atoms with van der Waals surface area (Å²) in [5.41, 5.74) is 2.47. The fourth-order valence-electron chi connectivity index (χ4n) is 7.21. The molecule has 11 heteroatoms. The zero-order chi connectivity index (χ0) is 33.5. The molecule has 3 atom stereocenters. The van der Waals surface area contributed by atoms with E-state index in [4.69, 9.17) is 24.5 Å². The first-order valence-electron chi connectivity index (χ1n) is 17.0. The van der Waals surface area contributed by atoms with E-state index in [0.29, 0.717) is 12.4 Å². The minimum Gasteiger partial charge on any atom is -0.540 e. The van der Waals surface area contributed by atoms with Crippen LogP contribution >= 0.6 is 0 Å². The summed E-state index contributed by atoms with van der Waals surface area (Å²) in [7, 11) is 3.38. The van der Waals surface area contributed by atoms with Crippen LogP contribution in [-0.2, 0) is 33.6 Å². The summed E-state index contributed by atoms with van der Waals surface area (Å²) in [6.07, 6.45) is 15.8. The number of aromatic nitrogens is 2. The van der Waals surface area contributed by atoms with Crippen LogP contribution in [0.4, 0.5) is 4.79 Å². The number of hydrogen-bond acceptors (Lipinski definition) is 7. The molecule has 0 bridgehead atoms. The summed E-state index contributed by atoms with van der Waals surface area (Å²) in [5, 5.41) is 11.2. The van der Waals surface area contributed by atoms with E-state index in [9.17, 15) is 14.4 Å². The Morgan fingerprint density at radius 1 is 1.09 bits per heavy atom. The first-order chi connectivity index (χ1) is 22.0. The summed E-state index contributed by atoms with van der Waals surface area (Å²) in [4.78, 5) is 45.8. The number of nitrogens with one attached hydrogen (secondary N) is 1. The third-order valence-corrected chi connectivity index (χ3v) is 10.2. The zero-order valence-corrected chi connectivity index (χ0v) is 30.4. The van der Waals surface area contributed by atoms with Crippen molar-refractivity contribution >= 4 is 29.3 Å². The van der Waals surface area contributed by atoms with E-state index in [0.717, 1.165) is 41.2 Å². The molecule has 1 aliphatic heterocycles. The number of unbranched alkanes of at least 4 members (excludes halogenated alkanes) is 1. The smallest absolute Gasteiger partial charge is 0.405 e. The summed E-state index contributed by atoms with van der Waals surface area (Å²) in [6.45, 7) is 7.82. The van der Waals surface area contributed by atoms with E-state index >= 15 is 0 Å². The Labute approximate surface area is 292 Å². The second-order valence-electron chi connectivity index (χ2n) is 14.4. The number of amides is 2. The quantitative estimate of drug-likeness (QED) is 0.183. The van der Waals surface area contributed by atoms with E-state index in [1.54, 1.807) is 35.0 Å². The summed E-state index contributed by atoms with van der Waals surface area (Å²) in [6, 6.07) is 4.45. The molecule has 1 saturated heterocycles. The van der Waals surface area contributed by atoms with Gasteiger partial charge in [-0.1, -0.05) is 85.1 Å². The molecule has 2 saturated carbocycles. The largest absolute Gasteiger partial charge is 0.540 e. The Morgan fingerprint density at radius 3 is 2.34 bits per heavy atom. The Bertz CT molecular complexity index is 1350. The molecule has 0 spiro atoms. The van der Waals surface area contributed by atoms with E-state index in [1.807, 2.05) is 31.4 Å². The van der Waals surface area contributed by atoms with E-state index in [2.05, 4.69) is 5.32 Å². The van der Waals surface area contributed by atoms with Crippen molar-refractivity contribution in [3.05, 3.63) is 23.9 Å². The second-order valence-corrected chi connectivity index (χ2v) is 14.4. The van der Waals surface area contributed by atoms with Gasteiger partial charge in [-0.15, -0.1) is 0 Å². The number of carbonyl (C=O) groups is 2. The molecule has 1 aromatic heterocycles. The van der Waals surface area contributed by atoms with Crippen LogP contribution in [0.15, 0.2) is 18.2 Å². The maximum Gasteiger partial charge on any atom is 0.405 e. The topological polar surface area (TPSA) is 131 Å². The Balaban J connectivity index is 0.000000260. The van der Waals surface area contributed by atoms with E-state index in [-0.39, 0.29) is 35.8 Å². The average molecular weight is 689 g/mol. The van der Waals surface area contributed by atoms with Gasteiger partial charge in [0.15, 0.2) is 0 Å². The number of methoxy groups -OCH3 is 2. The van der Waals surface area contributed by atoms with E-state index < -0.39 is 23.6 Å². The summed E-state index contributed by atoms with van der Waals surface area (Å²) < 4.78 is 10.9. The van der Waals surface area contributed by atoms with Gasteiger partial charge in [0, 0.05) is 36.6 Å². The van der Waals surface area contributed by atoms with Gasteiger partial charge in [-0.25, -0.2) is 21.0 Å². The first kappa shape index (κ1) is 38.6. The van der Waals surface area contributed by atoms with Crippen LogP contribution in [-0.4, -0.2) is 71.1 Å². The molecule has 10 nitrogen and oxygen atoms in total. The monoisotopic (exact) mass is 688 g/mol. The molecule has 2 aromatic rings. The molecule has 2 aliphatic carbocycles. The molecule has 2 amide bonds. The van der Waals surface area contributed by atoms with Crippen LogP contribution in [0.2, 0.25) is 0 Å². The first-order valence-corrected chi connectivity index (χ1v) is 17.0. The third kappa shape index (κ3) is 9.62. The molecular formula is C36H53N4O6V-. The van der Waals surface area contributed by atoms with Crippen molar-refractivity contribution in [3.63, 3.8) is 0 Å². The van der Waals surface area contributed by atoms with Crippen molar-refractivity contribution < 1.29 is 47.5 Å². The van der Waals surface area contributed by atoms with Crippen LogP contribution in [0.1, 0.15) is 110 Å². The number of carboxylic acid groups (broad SMARTS) is 1. The molecule has 2 unspecified atom stereocenters. The summed E-state index contributed by atoms with van der Waals surface area (Å²) in [5.74, 6) is 2.26. The number of hydrogen-bond donors (Lipinski definition) is 2. The van der Waals surface area contributed by atoms with Crippen LogP contribution < -0.4 is 14.8 Å². The molecule has 2 N–H and O–H groups in total. The van der Waals surface area contributed by atoms with Gasteiger partial charge >= 0.3 is 6.09 Å². The molecule has 5 rings (SSSR count). The molecule has 3 fully saturated rings. The van der Waals surface area contributed by atoms with Gasteiger partial charge < -0.3 is 29.6 Å². The predicted octanol–water partition coefficient (Wildman–Crippen LogP) is 6.83. The van der Waals surface area contributed by atoms with Crippen molar-refractivity contribution in [1.29, 1.82) is 0 Å². The fraction of sp³-hybridized carbons (Fsp3) is 0.694. The van der Waals surface area contributed by atoms with Gasteiger partial charge in [0.1, 0.15) is 17.5 Å². The number of fused-ring (bicyclic) bond motifs is 1. The number of nitrogens with zero attached hydrogens (tertiary/aromatic N) is 3. The molecular weight excluding hydrogens is 635 g/mol. The number of carbonyl (C=O) groups excluding carboxylic acids is 2. The van der Waals surface area contributed by atoms with Gasteiger partial charge in [-0.05, 0) is 55.1 Å². The minimum absolute atomic E-state index is 0. The SMILES string of the molecule is CCC1CCN(C(=O)[C@@H](NC(=O)O)C(C)(C)C)C1[C-]=O.COc1ccc2nc(C3(CCCCC4CCCC4)CC3)c(OC)nc2c1.[V]. The van der Waals surface area contributed by atoms with Crippen molar-refractivity contribution in [2.24, 2.45) is 17.3 Å². The van der Waals surface area contributed by atoms with Gasteiger partial charge in [-0.2, -0.15) is 0 Å². The number of rotatable bonds is 12. The molecule has 2 heterocycles. The zero-order valence-electron chi connectivity index (χ0n) is 29.0. The maximum atomic E-state index is 12.6. The summed E-state index contributed by atoms with van der Waals surface area (Å²) >= 11 is 0. The van der Waals surface area contributed by atoms with Crippen molar-refractivity contribution in [2.75, 3.05) is 20.8 Å². The molecule has 1 radical (unpaired) electrons. The Morgan fingerprint density at radius 2 is 1.79 bits per heavy atom. The van der Waals surface area contributed by atoms with Crippen LogP contribution in [0.3, 0.4) is 0 Å². The predicted molar refractivity (Wildman–Crippen MR) is 178 cm³/mol. The van der Waals surface area contributed by atoms with Gasteiger partial charge in [0.2, 0.25) is 11.8 Å². The van der Waals surface area contributed by atoms with Gasteiger partial charge in [-0.3, -0.25) is 4.79 Å². The van der Waals surface area contributed by atoms with Crippen molar-refractivity contribution in [1.82, 2.24) is 20.2 Å². The molecule has 1 aromatic carbocycles. The molecule has 47 heavy (non-hydrogen) atoms. The van der Waals surface area contributed by atoms with E-state index in [1.165, 1.54) is 69.1 Å². The van der Waals surface area contributed by atoms with Crippen molar-refractivity contribution in [3.8, 4) is 11.6 Å². The Kier molecular flexibility index (Phi) is 14.0. The Hall–Kier alpha value is -2.85.